The number of hydrogen-bond acceptors (Lipinski definition) is 3. The molecular weight excluding hydrogens is 282 g/mol. The van der Waals surface area contributed by atoms with E-state index in [1.807, 2.05) is 53.5 Å². The van der Waals surface area contributed by atoms with Gasteiger partial charge in [-0.3, -0.25) is 4.79 Å². The number of thioether (sulfide) groups is 1. The molecule has 112 valence electrons. The highest BCUT2D eigenvalue weighted by Gasteiger charge is 2.32. The summed E-state index contributed by atoms with van der Waals surface area (Å²) in [5, 5.41) is 0.567. The second kappa shape index (κ2) is 5.72. The van der Waals surface area contributed by atoms with E-state index in [9.17, 15) is 4.79 Å². The average molecular weight is 303 g/mol. The predicted octanol–water partition coefficient (Wildman–Crippen LogP) is 2.93. The molecule has 0 aliphatic heterocycles. The molecule has 1 aromatic carbocycles. The van der Waals surface area contributed by atoms with E-state index in [2.05, 4.69) is 11.2 Å². The number of hydrogen-bond donors (Lipinski definition) is 0. The maximum absolute atomic E-state index is 12.7. The number of amides is 1. The van der Waals surface area contributed by atoms with Gasteiger partial charge in [0.25, 0.3) is 5.91 Å². The van der Waals surface area contributed by atoms with E-state index in [-0.39, 0.29) is 5.91 Å². The van der Waals surface area contributed by atoms with Gasteiger partial charge >= 0.3 is 0 Å². The summed E-state index contributed by atoms with van der Waals surface area (Å²) in [6.07, 6.45) is 7.46. The Labute approximate surface area is 129 Å². The molecule has 1 aliphatic carbocycles. The fraction of sp³-hybridized carbons (Fsp3) is 0.500. The Morgan fingerprint density at radius 3 is 3.00 bits per heavy atom. The van der Waals surface area contributed by atoms with Crippen molar-refractivity contribution in [3.05, 3.63) is 30.1 Å². The summed E-state index contributed by atoms with van der Waals surface area (Å²) in [7, 11) is 3.90. The maximum atomic E-state index is 12.7. The molecule has 1 heterocycles. The van der Waals surface area contributed by atoms with Gasteiger partial charge in [-0.15, -0.1) is 0 Å². The van der Waals surface area contributed by atoms with Crippen LogP contribution in [0.1, 0.15) is 29.6 Å². The molecule has 2 atom stereocenters. The van der Waals surface area contributed by atoms with Crippen molar-refractivity contribution in [1.29, 1.82) is 0 Å². The Hall–Kier alpha value is -1.49. The van der Waals surface area contributed by atoms with Crippen LogP contribution >= 0.6 is 11.8 Å². The van der Waals surface area contributed by atoms with E-state index < -0.39 is 0 Å². The van der Waals surface area contributed by atoms with Gasteiger partial charge in [-0.05, 0) is 37.3 Å². The highest BCUT2D eigenvalue weighted by molar-refractivity contribution is 7.99. The Balaban J connectivity index is 1.85. The third-order valence-electron chi connectivity index (χ3n) is 4.51. The Kier molecular flexibility index (Phi) is 3.93. The maximum Gasteiger partial charge on any atom is 0.253 e. The first-order valence-corrected chi connectivity index (χ1v) is 8.61. The molecule has 1 saturated carbocycles. The van der Waals surface area contributed by atoms with Crippen molar-refractivity contribution in [3.8, 4) is 0 Å². The second-order valence-electron chi connectivity index (χ2n) is 5.75. The smallest absolute Gasteiger partial charge is 0.253 e. The summed E-state index contributed by atoms with van der Waals surface area (Å²) in [6.45, 7) is 0. The Bertz CT molecular complexity index is 667. The monoisotopic (exact) mass is 303 g/mol. The van der Waals surface area contributed by atoms with Gasteiger partial charge in [-0.25, -0.2) is 4.98 Å². The largest absolute Gasteiger partial charge is 0.338 e. The summed E-state index contributed by atoms with van der Waals surface area (Å²) in [4.78, 5) is 19.0. The van der Waals surface area contributed by atoms with E-state index in [0.29, 0.717) is 11.3 Å². The molecule has 1 fully saturated rings. The van der Waals surface area contributed by atoms with Crippen LogP contribution in [-0.2, 0) is 7.05 Å². The van der Waals surface area contributed by atoms with E-state index in [1.54, 1.807) is 6.33 Å². The first-order chi connectivity index (χ1) is 10.1. The number of carbonyl (C=O) groups is 1. The van der Waals surface area contributed by atoms with Crippen LogP contribution in [0, 0.1) is 0 Å². The molecular formula is C16H21N3OS. The standard InChI is InChI=1S/C16H21N3OS/c1-18-10-17-12-9-11(7-8-13(12)18)16(20)19(2)14-5-4-6-15(14)21-3/h7-10,14-15H,4-6H2,1-3H3/t14-,15+/m0/s1. The highest BCUT2D eigenvalue weighted by atomic mass is 32.2. The summed E-state index contributed by atoms with van der Waals surface area (Å²) in [5.74, 6) is 0.105. The minimum absolute atomic E-state index is 0.105. The molecule has 1 amide bonds. The molecule has 0 N–H and O–H groups in total. The number of nitrogens with zero attached hydrogens (tertiary/aromatic N) is 3. The van der Waals surface area contributed by atoms with Gasteiger partial charge in [-0.1, -0.05) is 6.42 Å². The molecule has 4 nitrogen and oxygen atoms in total. The van der Waals surface area contributed by atoms with Gasteiger partial charge in [0.1, 0.15) is 0 Å². The molecule has 0 saturated heterocycles. The van der Waals surface area contributed by atoms with Gasteiger partial charge < -0.3 is 9.47 Å². The van der Waals surface area contributed by atoms with Crippen LogP contribution < -0.4 is 0 Å². The van der Waals surface area contributed by atoms with Crippen molar-refractivity contribution < 1.29 is 4.79 Å². The lowest BCUT2D eigenvalue weighted by Crippen LogP contribution is -2.40. The Morgan fingerprint density at radius 1 is 1.43 bits per heavy atom. The molecule has 0 radical (unpaired) electrons. The van der Waals surface area contributed by atoms with E-state index in [1.165, 1.54) is 12.8 Å². The molecule has 2 aromatic rings. The minimum atomic E-state index is 0.105. The van der Waals surface area contributed by atoms with E-state index >= 15 is 0 Å². The van der Waals surface area contributed by atoms with Crippen LogP contribution in [0.5, 0.6) is 0 Å². The topological polar surface area (TPSA) is 38.1 Å². The first kappa shape index (κ1) is 14.4. The van der Waals surface area contributed by atoms with Crippen molar-refractivity contribution in [2.75, 3.05) is 13.3 Å². The fourth-order valence-corrected chi connectivity index (χ4v) is 4.28. The molecule has 0 bridgehead atoms. The summed E-state index contributed by atoms with van der Waals surface area (Å²) >= 11 is 1.88. The normalized spacial score (nSPS) is 21.9. The fourth-order valence-electron chi connectivity index (χ4n) is 3.25. The number of rotatable bonds is 3. The number of aryl methyl sites for hydroxylation is 1. The van der Waals surface area contributed by atoms with Gasteiger partial charge in [0, 0.05) is 31.0 Å². The van der Waals surface area contributed by atoms with Crippen molar-refractivity contribution in [1.82, 2.24) is 14.5 Å². The number of fused-ring (bicyclic) bond motifs is 1. The van der Waals surface area contributed by atoms with Crippen molar-refractivity contribution in [2.24, 2.45) is 7.05 Å². The summed E-state index contributed by atoms with van der Waals surface area (Å²) < 4.78 is 1.97. The highest BCUT2D eigenvalue weighted by Crippen LogP contribution is 2.32. The second-order valence-corrected chi connectivity index (χ2v) is 6.82. The van der Waals surface area contributed by atoms with Crippen LogP contribution in [-0.4, -0.2) is 45.0 Å². The minimum Gasteiger partial charge on any atom is -0.338 e. The lowest BCUT2D eigenvalue weighted by atomic mass is 10.1. The van der Waals surface area contributed by atoms with Crippen LogP contribution in [0.3, 0.4) is 0 Å². The molecule has 0 spiro atoms. The Morgan fingerprint density at radius 2 is 2.24 bits per heavy atom. The number of aromatic nitrogens is 2. The van der Waals surface area contributed by atoms with Crippen molar-refractivity contribution >= 4 is 28.7 Å². The zero-order chi connectivity index (χ0) is 15.0. The lowest BCUT2D eigenvalue weighted by molar-refractivity contribution is 0.0738. The van der Waals surface area contributed by atoms with Gasteiger partial charge in [-0.2, -0.15) is 11.8 Å². The first-order valence-electron chi connectivity index (χ1n) is 7.33. The SMILES string of the molecule is CS[C@@H]1CCC[C@@H]1N(C)C(=O)c1ccc2c(c1)ncn2C. The molecule has 3 rings (SSSR count). The molecule has 21 heavy (non-hydrogen) atoms. The van der Waals surface area contributed by atoms with E-state index in [4.69, 9.17) is 0 Å². The number of imidazole rings is 1. The average Bonchev–Trinajstić information content (AvgIpc) is 3.12. The third-order valence-corrected chi connectivity index (χ3v) is 5.67. The zero-order valence-corrected chi connectivity index (χ0v) is 13.6. The number of benzene rings is 1. The summed E-state index contributed by atoms with van der Waals surface area (Å²) in [6, 6.07) is 6.14. The zero-order valence-electron chi connectivity index (χ0n) is 12.7. The van der Waals surface area contributed by atoms with Gasteiger partial charge in [0.2, 0.25) is 0 Å². The van der Waals surface area contributed by atoms with Crippen molar-refractivity contribution in [3.63, 3.8) is 0 Å². The summed E-state index contributed by atoms with van der Waals surface area (Å²) in [5.41, 5.74) is 2.66. The predicted molar refractivity (Wildman–Crippen MR) is 87.7 cm³/mol. The van der Waals surface area contributed by atoms with E-state index in [0.717, 1.165) is 23.0 Å². The van der Waals surface area contributed by atoms with Crippen LogP contribution in [0.15, 0.2) is 24.5 Å². The van der Waals surface area contributed by atoms with Crippen LogP contribution in [0.25, 0.3) is 11.0 Å². The molecule has 5 heteroatoms. The van der Waals surface area contributed by atoms with Gasteiger partial charge in [0.05, 0.1) is 17.4 Å². The molecule has 1 aromatic heterocycles. The van der Waals surface area contributed by atoms with Crippen LogP contribution in [0.4, 0.5) is 0 Å². The third kappa shape index (κ3) is 2.55. The molecule has 0 unspecified atom stereocenters. The lowest BCUT2D eigenvalue weighted by Gasteiger charge is -2.29. The van der Waals surface area contributed by atoms with Gasteiger partial charge in [0.15, 0.2) is 0 Å². The van der Waals surface area contributed by atoms with Crippen LogP contribution in [0.2, 0.25) is 0 Å². The quantitative estimate of drug-likeness (QED) is 0.875. The number of carbonyl (C=O) groups excluding carboxylic acids is 1. The van der Waals surface area contributed by atoms with Crippen molar-refractivity contribution in [2.45, 2.75) is 30.6 Å². The molecule has 1 aliphatic rings.